The summed E-state index contributed by atoms with van der Waals surface area (Å²) in [5, 5.41) is 3.24. The number of morpholine rings is 1. The van der Waals surface area contributed by atoms with Crippen LogP contribution in [0.4, 0.5) is 0 Å². The van der Waals surface area contributed by atoms with Crippen LogP contribution in [0.1, 0.15) is 6.92 Å². The van der Waals surface area contributed by atoms with Gasteiger partial charge in [0, 0.05) is 37.7 Å². The van der Waals surface area contributed by atoms with Crippen molar-refractivity contribution in [2.24, 2.45) is 0 Å². The summed E-state index contributed by atoms with van der Waals surface area (Å²) in [6.07, 6.45) is 0. The lowest BCUT2D eigenvalue weighted by atomic mass is 10.4. The molecule has 0 bridgehead atoms. The molecule has 1 aliphatic rings. The molecule has 1 N–H and O–H groups in total. The highest BCUT2D eigenvalue weighted by molar-refractivity contribution is 7.89. The van der Waals surface area contributed by atoms with Gasteiger partial charge in [-0.25, -0.2) is 8.42 Å². The number of carbonyl (C=O) groups excluding carboxylic acids is 1. The predicted octanol–water partition coefficient (Wildman–Crippen LogP) is 0.799. The zero-order chi connectivity index (χ0) is 18.3. The number of hydrogen-bond donors (Lipinski definition) is 1. The number of hydrogen-bond acceptors (Lipinski definition) is 5. The lowest BCUT2D eigenvalue weighted by molar-refractivity contribution is -0.121. The van der Waals surface area contributed by atoms with Crippen molar-refractivity contribution in [1.29, 1.82) is 0 Å². The van der Waals surface area contributed by atoms with Crippen LogP contribution < -0.4 is 5.32 Å². The van der Waals surface area contributed by atoms with E-state index in [0.717, 1.165) is 23.9 Å². The number of likely N-dealkylation sites (N-methyl/N-ethyl adjacent to an activating group) is 1. The third kappa shape index (κ3) is 5.93. The average molecular weight is 390 g/mol. The molecule has 0 aromatic heterocycles. The SMILES string of the molecule is CCN(CC(=O)NCCN1CCOCC1)S(=O)(=O)c1ccc(Cl)cc1. The molecule has 0 saturated carbocycles. The number of ether oxygens (including phenoxy) is 1. The summed E-state index contributed by atoms with van der Waals surface area (Å²) in [6, 6.07) is 5.92. The standard InChI is InChI=1S/C16H24ClN3O4S/c1-2-20(25(22,23)15-5-3-14(17)4-6-15)13-16(21)18-7-8-19-9-11-24-12-10-19/h3-6H,2,7-13H2,1H3,(H,18,21). The van der Waals surface area contributed by atoms with Gasteiger partial charge < -0.3 is 10.1 Å². The average Bonchev–Trinajstić information content (AvgIpc) is 2.61. The van der Waals surface area contributed by atoms with E-state index in [-0.39, 0.29) is 23.9 Å². The van der Waals surface area contributed by atoms with E-state index in [9.17, 15) is 13.2 Å². The zero-order valence-electron chi connectivity index (χ0n) is 14.3. The molecule has 0 aliphatic carbocycles. The van der Waals surface area contributed by atoms with E-state index in [1.807, 2.05) is 0 Å². The summed E-state index contributed by atoms with van der Waals surface area (Å²) in [4.78, 5) is 14.4. The zero-order valence-corrected chi connectivity index (χ0v) is 15.9. The highest BCUT2D eigenvalue weighted by Crippen LogP contribution is 2.18. The Kier molecular flexibility index (Phi) is 7.64. The molecule has 1 aliphatic heterocycles. The molecule has 1 fully saturated rings. The second kappa shape index (κ2) is 9.49. The minimum absolute atomic E-state index is 0.125. The summed E-state index contributed by atoms with van der Waals surface area (Å²) < 4.78 is 31.6. The Morgan fingerprint density at radius 2 is 1.92 bits per heavy atom. The maximum atomic E-state index is 12.6. The Balaban J connectivity index is 1.87. The minimum atomic E-state index is -3.72. The molecule has 140 valence electrons. The van der Waals surface area contributed by atoms with Gasteiger partial charge in [-0.05, 0) is 24.3 Å². The first kappa shape index (κ1) is 20.1. The van der Waals surface area contributed by atoms with Crippen LogP contribution >= 0.6 is 11.6 Å². The van der Waals surface area contributed by atoms with Gasteiger partial charge in [0.05, 0.1) is 24.7 Å². The van der Waals surface area contributed by atoms with E-state index in [4.69, 9.17) is 16.3 Å². The molecule has 1 heterocycles. The molecule has 0 unspecified atom stereocenters. The number of halogens is 1. The number of nitrogens with one attached hydrogen (secondary N) is 1. The fraction of sp³-hybridized carbons (Fsp3) is 0.562. The Labute approximate surface area is 153 Å². The van der Waals surface area contributed by atoms with Crippen molar-refractivity contribution in [3.8, 4) is 0 Å². The molecule has 0 atom stereocenters. The highest BCUT2D eigenvalue weighted by atomic mass is 35.5. The van der Waals surface area contributed by atoms with Crippen LogP contribution in [0.25, 0.3) is 0 Å². The number of amides is 1. The van der Waals surface area contributed by atoms with E-state index in [2.05, 4.69) is 10.2 Å². The third-order valence-electron chi connectivity index (χ3n) is 3.98. The lowest BCUT2D eigenvalue weighted by Gasteiger charge is -2.26. The number of benzene rings is 1. The maximum absolute atomic E-state index is 12.6. The van der Waals surface area contributed by atoms with E-state index in [0.29, 0.717) is 24.8 Å². The van der Waals surface area contributed by atoms with Crippen molar-refractivity contribution in [2.45, 2.75) is 11.8 Å². The Morgan fingerprint density at radius 3 is 2.52 bits per heavy atom. The van der Waals surface area contributed by atoms with Crippen molar-refractivity contribution in [3.05, 3.63) is 29.3 Å². The minimum Gasteiger partial charge on any atom is -0.379 e. The number of sulfonamides is 1. The number of carbonyl (C=O) groups is 1. The Bertz CT molecular complexity index is 660. The second-order valence-corrected chi connectivity index (χ2v) is 8.06. The molecule has 1 aromatic carbocycles. The van der Waals surface area contributed by atoms with Crippen molar-refractivity contribution >= 4 is 27.5 Å². The first-order chi connectivity index (χ1) is 11.9. The van der Waals surface area contributed by atoms with Crippen molar-refractivity contribution < 1.29 is 17.9 Å². The fourth-order valence-electron chi connectivity index (χ4n) is 2.52. The third-order valence-corrected chi connectivity index (χ3v) is 6.16. The van der Waals surface area contributed by atoms with E-state index in [1.165, 1.54) is 24.3 Å². The highest BCUT2D eigenvalue weighted by Gasteiger charge is 2.25. The largest absolute Gasteiger partial charge is 0.379 e. The summed E-state index contributed by atoms with van der Waals surface area (Å²) in [6.45, 7) is 6.03. The Morgan fingerprint density at radius 1 is 1.28 bits per heavy atom. The lowest BCUT2D eigenvalue weighted by Crippen LogP contribution is -2.44. The van der Waals surface area contributed by atoms with E-state index < -0.39 is 10.0 Å². The normalized spacial score (nSPS) is 16.1. The fourth-order valence-corrected chi connectivity index (χ4v) is 4.05. The Hall–Kier alpha value is -1.19. The topological polar surface area (TPSA) is 79.0 Å². The van der Waals surface area contributed by atoms with Crippen LogP contribution in [-0.2, 0) is 19.6 Å². The molecule has 7 nitrogen and oxygen atoms in total. The molecular weight excluding hydrogens is 366 g/mol. The van der Waals surface area contributed by atoms with Crippen molar-refractivity contribution in [2.75, 3.05) is 52.5 Å². The first-order valence-corrected chi connectivity index (χ1v) is 10.1. The van der Waals surface area contributed by atoms with Crippen molar-refractivity contribution in [3.63, 3.8) is 0 Å². The smallest absolute Gasteiger partial charge is 0.243 e. The summed E-state index contributed by atoms with van der Waals surface area (Å²) in [7, 11) is -3.72. The monoisotopic (exact) mass is 389 g/mol. The van der Waals surface area contributed by atoms with Gasteiger partial charge in [-0.15, -0.1) is 0 Å². The summed E-state index contributed by atoms with van der Waals surface area (Å²) >= 11 is 5.80. The molecule has 1 amide bonds. The summed E-state index contributed by atoms with van der Waals surface area (Å²) in [5.41, 5.74) is 0. The van der Waals surface area contributed by atoms with Gasteiger partial charge in [0.25, 0.3) is 0 Å². The van der Waals surface area contributed by atoms with Crippen LogP contribution in [0.15, 0.2) is 29.2 Å². The van der Waals surface area contributed by atoms with Gasteiger partial charge in [0.2, 0.25) is 15.9 Å². The second-order valence-electron chi connectivity index (χ2n) is 5.69. The van der Waals surface area contributed by atoms with E-state index in [1.54, 1.807) is 6.92 Å². The molecule has 2 rings (SSSR count). The number of nitrogens with zero attached hydrogens (tertiary/aromatic N) is 2. The van der Waals surface area contributed by atoms with Gasteiger partial charge in [-0.1, -0.05) is 18.5 Å². The first-order valence-electron chi connectivity index (χ1n) is 8.26. The molecule has 9 heteroatoms. The van der Waals surface area contributed by atoms with Crippen LogP contribution in [0, 0.1) is 0 Å². The van der Waals surface area contributed by atoms with Crippen LogP contribution in [0.3, 0.4) is 0 Å². The molecule has 0 spiro atoms. The van der Waals surface area contributed by atoms with Gasteiger partial charge >= 0.3 is 0 Å². The molecule has 0 radical (unpaired) electrons. The summed E-state index contributed by atoms with van der Waals surface area (Å²) in [5.74, 6) is -0.312. The van der Waals surface area contributed by atoms with Crippen molar-refractivity contribution in [1.82, 2.24) is 14.5 Å². The molecular formula is C16H24ClN3O4S. The quantitative estimate of drug-likeness (QED) is 0.711. The van der Waals surface area contributed by atoms with Gasteiger partial charge in [-0.3, -0.25) is 9.69 Å². The van der Waals surface area contributed by atoms with Gasteiger partial charge in [-0.2, -0.15) is 4.31 Å². The molecule has 1 aromatic rings. The molecule has 1 saturated heterocycles. The van der Waals surface area contributed by atoms with Crippen LogP contribution in [0.5, 0.6) is 0 Å². The maximum Gasteiger partial charge on any atom is 0.243 e. The van der Waals surface area contributed by atoms with Crippen LogP contribution in [-0.4, -0.2) is 76.0 Å². The molecule has 25 heavy (non-hydrogen) atoms. The number of rotatable bonds is 8. The van der Waals surface area contributed by atoms with E-state index >= 15 is 0 Å². The van der Waals surface area contributed by atoms with Gasteiger partial charge in [0.1, 0.15) is 0 Å². The van der Waals surface area contributed by atoms with Crippen LogP contribution in [0.2, 0.25) is 5.02 Å². The van der Waals surface area contributed by atoms with Gasteiger partial charge in [0.15, 0.2) is 0 Å². The predicted molar refractivity (Wildman–Crippen MR) is 96.2 cm³/mol.